The van der Waals surface area contributed by atoms with Gasteiger partial charge in [0.05, 0.1) is 31.1 Å². The molecule has 160 valence electrons. The first-order valence-electron chi connectivity index (χ1n) is 10.8. The summed E-state index contributed by atoms with van der Waals surface area (Å²) >= 11 is 0. The number of hydrogen-bond acceptors (Lipinski definition) is 5. The average Bonchev–Trinajstić information content (AvgIpc) is 3.35. The molecule has 0 radical (unpaired) electrons. The van der Waals surface area contributed by atoms with E-state index in [0.29, 0.717) is 18.4 Å². The third-order valence-corrected chi connectivity index (χ3v) is 5.53. The Labute approximate surface area is 174 Å². The second-order valence-corrected chi connectivity index (χ2v) is 8.12. The van der Waals surface area contributed by atoms with Gasteiger partial charge in [-0.1, -0.05) is 20.8 Å². The van der Waals surface area contributed by atoms with Crippen LogP contribution in [0.1, 0.15) is 63.0 Å². The van der Waals surface area contributed by atoms with Gasteiger partial charge in [0.1, 0.15) is 11.6 Å². The van der Waals surface area contributed by atoms with Crippen molar-refractivity contribution in [2.24, 2.45) is 5.92 Å². The summed E-state index contributed by atoms with van der Waals surface area (Å²) in [6.07, 6.45) is 2.99. The summed E-state index contributed by atoms with van der Waals surface area (Å²) in [5.74, 6) is 2.91. The Morgan fingerprint density at radius 2 is 2.10 bits per heavy atom. The summed E-state index contributed by atoms with van der Waals surface area (Å²) in [6, 6.07) is 4.68. The highest BCUT2D eigenvalue weighted by atomic mass is 16.5. The van der Waals surface area contributed by atoms with Crippen LogP contribution in [0, 0.1) is 5.92 Å². The lowest BCUT2D eigenvalue weighted by Gasteiger charge is -2.20. The van der Waals surface area contributed by atoms with E-state index in [9.17, 15) is 0 Å². The van der Waals surface area contributed by atoms with Crippen molar-refractivity contribution in [1.82, 2.24) is 20.6 Å². The van der Waals surface area contributed by atoms with Gasteiger partial charge in [-0.3, -0.25) is 0 Å². The summed E-state index contributed by atoms with van der Waals surface area (Å²) in [5.41, 5.74) is 4.73. The average molecular weight is 401 g/mol. The normalized spacial score (nSPS) is 19.2. The summed E-state index contributed by atoms with van der Waals surface area (Å²) in [7, 11) is 1.76. The maximum Gasteiger partial charge on any atom is 0.123 e. The third kappa shape index (κ3) is 5.18. The number of imidazole rings is 1. The quantitative estimate of drug-likeness (QED) is 0.562. The minimum atomic E-state index is 0.256. The van der Waals surface area contributed by atoms with Crippen LogP contribution in [0.2, 0.25) is 0 Å². The van der Waals surface area contributed by atoms with Gasteiger partial charge in [0.15, 0.2) is 0 Å². The zero-order valence-corrected chi connectivity index (χ0v) is 18.5. The first kappa shape index (κ1) is 21.8. The van der Waals surface area contributed by atoms with Gasteiger partial charge in [-0.05, 0) is 49.4 Å². The first-order chi connectivity index (χ1) is 14.1. The van der Waals surface area contributed by atoms with Gasteiger partial charge >= 0.3 is 0 Å². The van der Waals surface area contributed by atoms with Crippen LogP contribution in [0.15, 0.2) is 18.3 Å². The first-order valence-corrected chi connectivity index (χ1v) is 10.8. The molecule has 1 aliphatic heterocycles. The molecule has 6 nitrogen and oxygen atoms in total. The van der Waals surface area contributed by atoms with Gasteiger partial charge in [-0.2, -0.15) is 0 Å². The summed E-state index contributed by atoms with van der Waals surface area (Å²) in [4.78, 5) is 8.22. The molecular weight excluding hydrogens is 364 g/mol. The van der Waals surface area contributed by atoms with Crippen LogP contribution in [0.5, 0.6) is 5.75 Å². The van der Waals surface area contributed by atoms with E-state index in [-0.39, 0.29) is 6.04 Å². The SMILES string of the molecule is CCNCc1cc(-c2cnc(C3CC(COC)CN3)[nH]2)cc(OCC)c1C(C)C. The number of ether oxygens (including phenoxy) is 2. The number of aromatic nitrogens is 2. The minimum Gasteiger partial charge on any atom is -0.494 e. The van der Waals surface area contributed by atoms with Crippen LogP contribution in [0.25, 0.3) is 11.3 Å². The Bertz CT molecular complexity index is 787. The highest BCUT2D eigenvalue weighted by Crippen LogP contribution is 2.36. The Kier molecular flexibility index (Phi) is 7.70. The second kappa shape index (κ2) is 10.2. The number of benzene rings is 1. The number of methoxy groups -OCH3 is 1. The number of nitrogens with one attached hydrogen (secondary N) is 3. The molecule has 2 unspecified atom stereocenters. The van der Waals surface area contributed by atoms with E-state index in [1.807, 2.05) is 13.1 Å². The number of H-pyrrole nitrogens is 1. The predicted molar refractivity (Wildman–Crippen MR) is 117 cm³/mol. The van der Waals surface area contributed by atoms with E-state index in [0.717, 1.165) is 55.5 Å². The number of nitrogens with zero attached hydrogens (tertiary/aromatic N) is 1. The van der Waals surface area contributed by atoms with E-state index >= 15 is 0 Å². The zero-order chi connectivity index (χ0) is 20.8. The van der Waals surface area contributed by atoms with Crippen LogP contribution in [-0.4, -0.2) is 43.4 Å². The lowest BCUT2D eigenvalue weighted by molar-refractivity contribution is 0.159. The molecule has 0 saturated carbocycles. The van der Waals surface area contributed by atoms with E-state index in [2.05, 4.69) is 53.5 Å². The molecule has 3 N–H and O–H groups in total. The van der Waals surface area contributed by atoms with Gasteiger partial charge in [0.25, 0.3) is 0 Å². The van der Waals surface area contributed by atoms with Crippen molar-refractivity contribution in [3.63, 3.8) is 0 Å². The molecule has 1 fully saturated rings. The minimum absolute atomic E-state index is 0.256. The third-order valence-electron chi connectivity index (χ3n) is 5.53. The predicted octanol–water partition coefficient (Wildman–Crippen LogP) is 4.01. The molecular formula is C23H36N4O2. The zero-order valence-electron chi connectivity index (χ0n) is 18.5. The molecule has 2 atom stereocenters. The lowest BCUT2D eigenvalue weighted by Crippen LogP contribution is -2.16. The molecule has 0 spiro atoms. The monoisotopic (exact) mass is 400 g/mol. The van der Waals surface area contributed by atoms with Gasteiger partial charge in [-0.15, -0.1) is 0 Å². The fourth-order valence-electron chi connectivity index (χ4n) is 4.22. The molecule has 3 rings (SSSR count). The molecule has 1 saturated heterocycles. The van der Waals surface area contributed by atoms with Crippen molar-refractivity contribution >= 4 is 0 Å². The number of aromatic amines is 1. The summed E-state index contributed by atoms with van der Waals surface area (Å²) in [6.45, 7) is 12.8. The Morgan fingerprint density at radius 1 is 1.28 bits per heavy atom. The van der Waals surface area contributed by atoms with Gasteiger partial charge < -0.3 is 25.1 Å². The second-order valence-electron chi connectivity index (χ2n) is 8.12. The van der Waals surface area contributed by atoms with Crippen molar-refractivity contribution in [3.05, 3.63) is 35.3 Å². The largest absolute Gasteiger partial charge is 0.494 e. The van der Waals surface area contributed by atoms with Crippen molar-refractivity contribution in [3.8, 4) is 17.0 Å². The molecule has 0 aliphatic carbocycles. The Morgan fingerprint density at radius 3 is 2.79 bits per heavy atom. The summed E-state index contributed by atoms with van der Waals surface area (Å²) in [5, 5.41) is 7.03. The maximum atomic E-state index is 6.04. The van der Waals surface area contributed by atoms with Gasteiger partial charge in [-0.25, -0.2) is 4.98 Å². The fourth-order valence-corrected chi connectivity index (χ4v) is 4.22. The van der Waals surface area contributed by atoms with Crippen molar-refractivity contribution in [1.29, 1.82) is 0 Å². The van der Waals surface area contributed by atoms with Crippen molar-refractivity contribution in [2.45, 2.75) is 52.6 Å². The van der Waals surface area contributed by atoms with Crippen LogP contribution >= 0.6 is 0 Å². The van der Waals surface area contributed by atoms with E-state index < -0.39 is 0 Å². The molecule has 29 heavy (non-hydrogen) atoms. The van der Waals surface area contributed by atoms with E-state index in [4.69, 9.17) is 9.47 Å². The van der Waals surface area contributed by atoms with Gasteiger partial charge in [0, 0.05) is 31.3 Å². The topological polar surface area (TPSA) is 71.2 Å². The Balaban J connectivity index is 1.90. The summed E-state index contributed by atoms with van der Waals surface area (Å²) < 4.78 is 11.3. The van der Waals surface area contributed by atoms with E-state index in [1.54, 1.807) is 7.11 Å². The van der Waals surface area contributed by atoms with Crippen LogP contribution < -0.4 is 15.4 Å². The van der Waals surface area contributed by atoms with Crippen LogP contribution in [0.3, 0.4) is 0 Å². The number of rotatable bonds is 10. The molecule has 0 bridgehead atoms. The smallest absolute Gasteiger partial charge is 0.123 e. The molecule has 0 amide bonds. The maximum absolute atomic E-state index is 6.04. The molecule has 1 aromatic heterocycles. The van der Waals surface area contributed by atoms with Crippen LogP contribution in [0.4, 0.5) is 0 Å². The standard InChI is InChI=1S/C23H36N4O2/c1-6-24-12-18-9-17(10-21(29-7-2)22(18)15(3)4)20-13-26-23(27-20)19-8-16(11-25-19)14-28-5/h9-10,13,15-16,19,24-25H,6-8,11-12,14H2,1-5H3,(H,26,27). The van der Waals surface area contributed by atoms with Crippen LogP contribution in [-0.2, 0) is 11.3 Å². The van der Waals surface area contributed by atoms with Crippen molar-refractivity contribution < 1.29 is 9.47 Å². The molecule has 6 heteroatoms. The highest BCUT2D eigenvalue weighted by molar-refractivity contribution is 5.65. The lowest BCUT2D eigenvalue weighted by atomic mass is 9.93. The molecule has 1 aromatic carbocycles. The fraction of sp³-hybridized carbons (Fsp3) is 0.609. The van der Waals surface area contributed by atoms with E-state index in [1.165, 1.54) is 11.1 Å². The highest BCUT2D eigenvalue weighted by Gasteiger charge is 2.27. The molecule has 2 aromatic rings. The molecule has 2 heterocycles. The number of hydrogen-bond donors (Lipinski definition) is 3. The van der Waals surface area contributed by atoms with Gasteiger partial charge in [0.2, 0.25) is 0 Å². The Hall–Kier alpha value is -1.89. The molecule has 1 aliphatic rings. The van der Waals surface area contributed by atoms with Crippen molar-refractivity contribution in [2.75, 3.05) is 33.4 Å².